The molecule has 0 fully saturated rings. The first-order valence-corrected chi connectivity index (χ1v) is 10.7. The van der Waals surface area contributed by atoms with Crippen molar-refractivity contribution >= 4 is 28.5 Å². The van der Waals surface area contributed by atoms with E-state index in [2.05, 4.69) is 34.1 Å². The summed E-state index contributed by atoms with van der Waals surface area (Å²) in [7, 11) is 0. The normalized spacial score (nSPS) is 11.7. The number of fused-ring (bicyclic) bond motifs is 1. The number of halogens is 1. The van der Waals surface area contributed by atoms with Crippen LogP contribution in [0.5, 0.6) is 0 Å². The van der Waals surface area contributed by atoms with E-state index in [0.29, 0.717) is 0 Å². The molecule has 0 saturated carbocycles. The number of aryl methyl sites for hydroxylation is 1. The van der Waals surface area contributed by atoms with Gasteiger partial charge in [0.25, 0.3) is 0 Å². The van der Waals surface area contributed by atoms with Crippen molar-refractivity contribution in [1.82, 2.24) is 14.9 Å². The number of para-hydroxylation sites is 2. The van der Waals surface area contributed by atoms with Gasteiger partial charge in [0.2, 0.25) is 5.91 Å². The minimum atomic E-state index is -0.330. The topological polar surface area (TPSA) is 46.9 Å². The van der Waals surface area contributed by atoms with Gasteiger partial charge >= 0.3 is 0 Å². The average molecular weight is 412 g/mol. The number of nitrogens with zero attached hydrogens (tertiary/aromatic N) is 2. The van der Waals surface area contributed by atoms with Crippen molar-refractivity contribution in [2.24, 2.45) is 5.41 Å². The molecule has 154 valence electrons. The van der Waals surface area contributed by atoms with Gasteiger partial charge in [0.1, 0.15) is 5.82 Å². The van der Waals surface area contributed by atoms with Crippen molar-refractivity contribution in [2.75, 3.05) is 6.54 Å². The zero-order valence-electron chi connectivity index (χ0n) is 17.5. The van der Waals surface area contributed by atoms with E-state index in [0.717, 1.165) is 66.2 Å². The average Bonchev–Trinajstić information content (AvgIpc) is 3.03. The number of amides is 1. The van der Waals surface area contributed by atoms with Crippen molar-refractivity contribution < 1.29 is 4.79 Å². The molecule has 0 unspecified atom stereocenters. The minimum Gasteiger partial charge on any atom is -0.356 e. The molecule has 29 heavy (non-hydrogen) atoms. The second kappa shape index (κ2) is 9.45. The number of hydrogen-bond acceptors (Lipinski definition) is 2. The first kappa shape index (κ1) is 21.4. The molecule has 3 aromatic rings. The highest BCUT2D eigenvalue weighted by Gasteiger charge is 2.20. The van der Waals surface area contributed by atoms with Crippen LogP contribution in [0.15, 0.2) is 48.5 Å². The molecule has 1 heterocycles. The van der Waals surface area contributed by atoms with E-state index in [1.54, 1.807) is 0 Å². The maximum Gasteiger partial charge on any atom is 0.225 e. The van der Waals surface area contributed by atoms with Gasteiger partial charge in [-0.15, -0.1) is 0 Å². The van der Waals surface area contributed by atoms with Crippen LogP contribution in [0.25, 0.3) is 11.0 Å². The van der Waals surface area contributed by atoms with Crippen molar-refractivity contribution in [3.63, 3.8) is 0 Å². The highest BCUT2D eigenvalue weighted by Crippen LogP contribution is 2.23. The number of carbonyl (C=O) groups excluding carboxylic acids is 1. The summed E-state index contributed by atoms with van der Waals surface area (Å²) in [5.74, 6) is 1.20. The molecule has 0 aliphatic rings. The van der Waals surface area contributed by atoms with Gasteiger partial charge in [-0.05, 0) is 36.6 Å². The van der Waals surface area contributed by atoms with Gasteiger partial charge in [-0.2, -0.15) is 0 Å². The van der Waals surface area contributed by atoms with Crippen LogP contribution in [-0.2, 0) is 17.8 Å². The van der Waals surface area contributed by atoms with E-state index in [-0.39, 0.29) is 11.3 Å². The molecule has 3 rings (SSSR count). The molecule has 1 aromatic heterocycles. The van der Waals surface area contributed by atoms with E-state index in [1.807, 2.05) is 45.0 Å². The summed E-state index contributed by atoms with van der Waals surface area (Å²) in [4.78, 5) is 16.8. The molecule has 4 nitrogen and oxygen atoms in total. The Labute approximate surface area is 178 Å². The maximum atomic E-state index is 11.9. The Morgan fingerprint density at radius 3 is 2.52 bits per heavy atom. The SMILES string of the molecule is CC(C)(C)C(=O)NCCCCCc1nc2ccccc2n1Cc1ccccc1Cl. The quantitative estimate of drug-likeness (QED) is 0.489. The number of carbonyl (C=O) groups is 1. The van der Waals surface area contributed by atoms with Crippen LogP contribution in [0.1, 0.15) is 51.4 Å². The Morgan fingerprint density at radius 2 is 1.76 bits per heavy atom. The Balaban J connectivity index is 1.62. The molecule has 5 heteroatoms. The number of hydrogen-bond donors (Lipinski definition) is 1. The molecule has 1 N–H and O–H groups in total. The van der Waals surface area contributed by atoms with Gasteiger partial charge in [-0.3, -0.25) is 4.79 Å². The summed E-state index contributed by atoms with van der Waals surface area (Å²) in [5.41, 5.74) is 2.93. The van der Waals surface area contributed by atoms with Gasteiger partial charge in [-0.25, -0.2) is 4.98 Å². The van der Waals surface area contributed by atoms with Crippen LogP contribution in [0.2, 0.25) is 5.02 Å². The molecule has 0 radical (unpaired) electrons. The zero-order valence-corrected chi connectivity index (χ0v) is 18.3. The smallest absolute Gasteiger partial charge is 0.225 e. The van der Waals surface area contributed by atoms with Crippen LogP contribution in [0.4, 0.5) is 0 Å². The lowest BCUT2D eigenvalue weighted by Crippen LogP contribution is -2.35. The van der Waals surface area contributed by atoms with E-state index in [4.69, 9.17) is 16.6 Å². The van der Waals surface area contributed by atoms with E-state index in [9.17, 15) is 4.79 Å². The third kappa shape index (κ3) is 5.60. The first-order valence-electron chi connectivity index (χ1n) is 10.3. The number of nitrogens with one attached hydrogen (secondary N) is 1. The van der Waals surface area contributed by atoms with Crippen LogP contribution in [0, 0.1) is 5.41 Å². The number of imidazole rings is 1. The third-order valence-electron chi connectivity index (χ3n) is 5.06. The fourth-order valence-corrected chi connectivity index (χ4v) is 3.54. The summed E-state index contributed by atoms with van der Waals surface area (Å²) in [6.45, 7) is 7.26. The highest BCUT2D eigenvalue weighted by atomic mass is 35.5. The molecule has 0 bridgehead atoms. The number of benzene rings is 2. The van der Waals surface area contributed by atoms with Crippen molar-refractivity contribution in [1.29, 1.82) is 0 Å². The molecule has 0 aliphatic heterocycles. The summed E-state index contributed by atoms with van der Waals surface area (Å²) in [5, 5.41) is 3.80. The molecule has 0 aliphatic carbocycles. The molecule has 0 saturated heterocycles. The number of unbranched alkanes of at least 4 members (excludes halogenated alkanes) is 2. The van der Waals surface area contributed by atoms with Gasteiger partial charge < -0.3 is 9.88 Å². The van der Waals surface area contributed by atoms with Crippen LogP contribution < -0.4 is 5.32 Å². The standard InChI is InChI=1S/C24H30ClN3O/c1-24(2,3)23(29)26-16-10-4-5-15-22-27-20-13-8-9-14-21(20)28(22)17-18-11-6-7-12-19(18)25/h6-9,11-14H,4-5,10,15-17H2,1-3H3,(H,26,29). The lowest BCUT2D eigenvalue weighted by atomic mass is 9.96. The third-order valence-corrected chi connectivity index (χ3v) is 5.43. The predicted molar refractivity (Wildman–Crippen MR) is 120 cm³/mol. The first-order chi connectivity index (χ1) is 13.9. The Hall–Kier alpha value is -2.33. The Bertz CT molecular complexity index is 972. The molecular formula is C24H30ClN3O. The fourth-order valence-electron chi connectivity index (χ4n) is 3.34. The number of aromatic nitrogens is 2. The van der Waals surface area contributed by atoms with Gasteiger partial charge in [0.15, 0.2) is 0 Å². The predicted octanol–water partition coefficient (Wildman–Crippen LogP) is 5.61. The van der Waals surface area contributed by atoms with Crippen molar-refractivity contribution in [3.05, 3.63) is 64.9 Å². The maximum absolute atomic E-state index is 11.9. The van der Waals surface area contributed by atoms with Crippen LogP contribution >= 0.6 is 11.6 Å². The molecule has 0 spiro atoms. The van der Waals surface area contributed by atoms with Gasteiger partial charge in [0, 0.05) is 23.4 Å². The van der Waals surface area contributed by atoms with E-state index < -0.39 is 0 Å². The molecule has 1 amide bonds. The largest absolute Gasteiger partial charge is 0.356 e. The lowest BCUT2D eigenvalue weighted by molar-refractivity contribution is -0.128. The summed E-state index contributed by atoms with van der Waals surface area (Å²) < 4.78 is 2.28. The number of rotatable bonds is 8. The van der Waals surface area contributed by atoms with Crippen LogP contribution in [0.3, 0.4) is 0 Å². The van der Waals surface area contributed by atoms with Crippen molar-refractivity contribution in [3.8, 4) is 0 Å². The molecular weight excluding hydrogens is 382 g/mol. The highest BCUT2D eigenvalue weighted by molar-refractivity contribution is 6.31. The monoisotopic (exact) mass is 411 g/mol. The van der Waals surface area contributed by atoms with Crippen molar-refractivity contribution in [2.45, 2.75) is 53.0 Å². The van der Waals surface area contributed by atoms with Crippen LogP contribution in [-0.4, -0.2) is 22.0 Å². The lowest BCUT2D eigenvalue weighted by Gasteiger charge is -2.17. The van der Waals surface area contributed by atoms with Gasteiger partial charge in [0.05, 0.1) is 17.6 Å². The van der Waals surface area contributed by atoms with E-state index >= 15 is 0 Å². The van der Waals surface area contributed by atoms with E-state index in [1.165, 1.54) is 0 Å². The Morgan fingerprint density at radius 1 is 1.03 bits per heavy atom. The summed E-state index contributed by atoms with van der Waals surface area (Å²) in [6.07, 6.45) is 3.98. The Kier molecular flexibility index (Phi) is 6.96. The summed E-state index contributed by atoms with van der Waals surface area (Å²) in [6, 6.07) is 16.2. The van der Waals surface area contributed by atoms with Gasteiger partial charge in [-0.1, -0.05) is 69.1 Å². The minimum absolute atomic E-state index is 0.110. The summed E-state index contributed by atoms with van der Waals surface area (Å²) >= 11 is 6.40. The second-order valence-electron chi connectivity index (χ2n) is 8.51. The fraction of sp³-hybridized carbons (Fsp3) is 0.417. The molecule has 2 aromatic carbocycles. The zero-order chi connectivity index (χ0) is 20.9. The second-order valence-corrected chi connectivity index (χ2v) is 8.92. The molecule has 0 atom stereocenters.